The van der Waals surface area contributed by atoms with E-state index in [2.05, 4.69) is 0 Å². The number of allylic oxidation sites excluding steroid dienone is 4. The first kappa shape index (κ1) is 4.95. The van der Waals surface area contributed by atoms with Gasteiger partial charge in [-0.05, 0) is 5.57 Å². The van der Waals surface area contributed by atoms with Crippen molar-refractivity contribution in [1.29, 1.82) is 0 Å². The molecule has 1 nitrogen and oxygen atoms in total. The van der Waals surface area contributed by atoms with Crippen LogP contribution in [0.2, 0.25) is 0 Å². The van der Waals surface area contributed by atoms with E-state index in [9.17, 15) is 5.11 Å². The van der Waals surface area contributed by atoms with Crippen LogP contribution in [0.25, 0.3) is 0 Å². The topological polar surface area (TPSA) is 23.1 Å². The molecule has 8 heavy (non-hydrogen) atoms. The second-order valence-electron chi connectivity index (χ2n) is 1.57. The van der Waals surface area contributed by atoms with E-state index >= 15 is 0 Å². The van der Waals surface area contributed by atoms with Gasteiger partial charge < -0.3 is 5.11 Å². The first-order valence-corrected chi connectivity index (χ1v) is 2.31. The van der Waals surface area contributed by atoms with Crippen molar-refractivity contribution in [3.8, 4) is 0 Å². The van der Waals surface area contributed by atoms with Gasteiger partial charge in [-0.3, -0.25) is 0 Å². The summed E-state index contributed by atoms with van der Waals surface area (Å²) in [5, 5.41) is 10.4. The predicted molar refractivity (Wildman–Crippen MR) is 29.3 cm³/mol. The third-order valence-electron chi connectivity index (χ3n) is 0.858. The SMILES string of the molecule is [CH+]=C1C=C[CH-]C([O-])=C1. The van der Waals surface area contributed by atoms with Gasteiger partial charge in [0.05, 0.1) is 0 Å². The van der Waals surface area contributed by atoms with Crippen molar-refractivity contribution in [2.45, 2.75) is 0 Å². The Morgan fingerprint density at radius 1 is 1.62 bits per heavy atom. The molecule has 0 fully saturated rings. The van der Waals surface area contributed by atoms with Crippen LogP contribution in [-0.4, -0.2) is 0 Å². The van der Waals surface area contributed by atoms with E-state index in [1.165, 1.54) is 12.5 Å². The largest absolute Gasteiger partial charge is 0.891 e. The third kappa shape index (κ3) is 0.895. The van der Waals surface area contributed by atoms with Crippen LogP contribution >= 0.6 is 0 Å². The maximum Gasteiger partial charge on any atom is -0.0330 e. The fourth-order valence-electron chi connectivity index (χ4n) is 0.515. The zero-order valence-corrected chi connectivity index (χ0v) is 4.29. The van der Waals surface area contributed by atoms with Crippen LogP contribution in [0, 0.1) is 13.0 Å². The van der Waals surface area contributed by atoms with E-state index in [1.54, 1.807) is 12.2 Å². The molecule has 40 valence electrons. The minimum atomic E-state index is -0.0370. The van der Waals surface area contributed by atoms with Crippen LogP contribution in [-0.2, 0) is 0 Å². The zero-order chi connectivity index (χ0) is 5.98. The summed E-state index contributed by atoms with van der Waals surface area (Å²) in [4.78, 5) is 0. The van der Waals surface area contributed by atoms with E-state index in [-0.39, 0.29) is 5.76 Å². The molecule has 1 heteroatoms. The predicted octanol–water partition coefficient (Wildman–Crippen LogP) is 0.364. The average molecular weight is 105 g/mol. The summed E-state index contributed by atoms with van der Waals surface area (Å²) in [7, 11) is 0. The Morgan fingerprint density at radius 2 is 2.38 bits per heavy atom. The lowest BCUT2D eigenvalue weighted by atomic mass is 10.1. The van der Waals surface area contributed by atoms with E-state index in [4.69, 9.17) is 6.58 Å². The van der Waals surface area contributed by atoms with Crippen LogP contribution in [0.1, 0.15) is 0 Å². The average Bonchev–Trinajstić information content (AvgIpc) is 1.64. The summed E-state index contributed by atoms with van der Waals surface area (Å²) in [5.74, 6) is -0.0370. The minimum absolute atomic E-state index is 0.0370. The van der Waals surface area contributed by atoms with Gasteiger partial charge in [-0.15, -0.1) is 6.08 Å². The van der Waals surface area contributed by atoms with Crippen molar-refractivity contribution in [2.75, 3.05) is 0 Å². The maximum atomic E-state index is 10.4. The summed E-state index contributed by atoms with van der Waals surface area (Å²) in [6.07, 6.45) is 6.18. The molecule has 0 N–H and O–H groups in total. The van der Waals surface area contributed by atoms with Gasteiger partial charge in [-0.2, -0.15) is 18.6 Å². The summed E-state index contributed by atoms with van der Waals surface area (Å²) in [6.45, 7) is 5.26. The fraction of sp³-hybridized carbons (Fsp3) is 0. The highest BCUT2D eigenvalue weighted by atomic mass is 16.3. The highest BCUT2D eigenvalue weighted by molar-refractivity contribution is 5.37. The van der Waals surface area contributed by atoms with Gasteiger partial charge in [0.1, 0.15) is 0 Å². The fourth-order valence-corrected chi connectivity index (χ4v) is 0.515. The molecule has 0 heterocycles. The van der Waals surface area contributed by atoms with E-state index in [0.29, 0.717) is 5.57 Å². The molecule has 0 spiro atoms. The Hall–Kier alpha value is -1.20. The minimum Gasteiger partial charge on any atom is -0.891 e. The standard InChI is InChI=1S/C7H6O/c1-6-3-2-4-7(8)5-6/h1-5,8H/p-1. The summed E-state index contributed by atoms with van der Waals surface area (Å²) < 4.78 is 0. The van der Waals surface area contributed by atoms with Gasteiger partial charge in [-0.1, -0.05) is 6.58 Å². The van der Waals surface area contributed by atoms with E-state index < -0.39 is 0 Å². The lowest BCUT2D eigenvalue weighted by molar-refractivity contribution is -0.297. The van der Waals surface area contributed by atoms with Crippen LogP contribution in [0.5, 0.6) is 0 Å². The molecule has 0 saturated heterocycles. The van der Waals surface area contributed by atoms with Gasteiger partial charge in [0.2, 0.25) is 0 Å². The lowest BCUT2D eigenvalue weighted by Crippen LogP contribution is -2.04. The molecule has 0 saturated carbocycles. The second-order valence-corrected chi connectivity index (χ2v) is 1.57. The molecule has 0 aromatic rings. The normalized spacial score (nSPS) is 17.4. The number of hydrogen-bond donors (Lipinski definition) is 0. The molecule has 0 aromatic carbocycles. The number of rotatable bonds is 0. The van der Waals surface area contributed by atoms with Crippen molar-refractivity contribution < 1.29 is 5.11 Å². The lowest BCUT2D eigenvalue weighted by Gasteiger charge is -2.19. The van der Waals surface area contributed by atoms with Crippen molar-refractivity contribution in [2.24, 2.45) is 0 Å². The Morgan fingerprint density at radius 3 is 2.75 bits per heavy atom. The van der Waals surface area contributed by atoms with Gasteiger partial charge >= 0.3 is 0 Å². The summed E-state index contributed by atoms with van der Waals surface area (Å²) in [6, 6.07) is 0. The Kier molecular flexibility index (Phi) is 1.07. The monoisotopic (exact) mass is 105 g/mol. The summed E-state index contributed by atoms with van der Waals surface area (Å²) >= 11 is 0. The van der Waals surface area contributed by atoms with E-state index in [0.717, 1.165) is 0 Å². The number of hydrogen-bond acceptors (Lipinski definition) is 1. The summed E-state index contributed by atoms with van der Waals surface area (Å²) in [5.41, 5.74) is 0.525. The van der Waals surface area contributed by atoms with Gasteiger partial charge in [-0.25, -0.2) is 5.76 Å². The molecule has 0 aliphatic heterocycles. The molecule has 1 aliphatic carbocycles. The Bertz CT molecular complexity index is 163. The molecule has 0 amide bonds. The van der Waals surface area contributed by atoms with Crippen LogP contribution in [0.4, 0.5) is 0 Å². The first-order chi connectivity index (χ1) is 3.79. The highest BCUT2D eigenvalue weighted by Crippen LogP contribution is 2.06. The molecule has 0 radical (unpaired) electrons. The van der Waals surface area contributed by atoms with Gasteiger partial charge in [0.15, 0.2) is 0 Å². The molecule has 0 unspecified atom stereocenters. The molecule has 0 atom stereocenters. The van der Waals surface area contributed by atoms with E-state index in [1.807, 2.05) is 0 Å². The smallest absolute Gasteiger partial charge is 0.0330 e. The van der Waals surface area contributed by atoms with Crippen molar-refractivity contribution in [1.82, 2.24) is 0 Å². The molecule has 1 rings (SSSR count). The van der Waals surface area contributed by atoms with Gasteiger partial charge in [0.25, 0.3) is 0 Å². The first-order valence-electron chi connectivity index (χ1n) is 2.31. The molecular weight excluding hydrogens is 100 g/mol. The van der Waals surface area contributed by atoms with Crippen molar-refractivity contribution in [3.63, 3.8) is 0 Å². The second kappa shape index (κ2) is 1.73. The Labute approximate surface area is 48.6 Å². The van der Waals surface area contributed by atoms with Crippen LogP contribution in [0.3, 0.4) is 0 Å². The highest BCUT2D eigenvalue weighted by Gasteiger charge is 1.79. The van der Waals surface area contributed by atoms with Crippen LogP contribution in [0.15, 0.2) is 29.6 Å². The van der Waals surface area contributed by atoms with Crippen molar-refractivity contribution in [3.05, 3.63) is 42.6 Å². The molecule has 0 aromatic heterocycles. The molecule has 1 aliphatic rings. The maximum absolute atomic E-state index is 10.4. The quantitative estimate of drug-likeness (QED) is 0.408. The van der Waals surface area contributed by atoms with Crippen molar-refractivity contribution >= 4 is 0 Å². The van der Waals surface area contributed by atoms with Gasteiger partial charge in [0, 0.05) is 0 Å². The molecular formula is C7H5O-. The molecule has 0 bridgehead atoms. The Balaban J connectivity index is 2.74. The zero-order valence-electron chi connectivity index (χ0n) is 4.29. The third-order valence-corrected chi connectivity index (χ3v) is 0.858. The van der Waals surface area contributed by atoms with Crippen LogP contribution < -0.4 is 5.11 Å².